The largest absolute Gasteiger partial charge is 0.408 e. The molecular formula is C19H32O2Si. The fourth-order valence-corrected chi connectivity index (χ4v) is 5.06. The van der Waals surface area contributed by atoms with Crippen molar-refractivity contribution in [1.29, 1.82) is 0 Å². The molecule has 1 N–H and O–H groups in total. The van der Waals surface area contributed by atoms with Gasteiger partial charge < -0.3 is 9.53 Å². The van der Waals surface area contributed by atoms with Crippen molar-refractivity contribution in [3.8, 4) is 0 Å². The average molecular weight is 321 g/mol. The molecule has 3 heteroatoms. The van der Waals surface area contributed by atoms with Gasteiger partial charge in [-0.05, 0) is 42.5 Å². The quantitative estimate of drug-likeness (QED) is 0.783. The molecule has 0 aliphatic heterocycles. The van der Waals surface area contributed by atoms with Crippen LogP contribution in [0.15, 0.2) is 30.3 Å². The molecule has 1 saturated carbocycles. The van der Waals surface area contributed by atoms with Gasteiger partial charge in [-0.1, -0.05) is 65.0 Å². The maximum atomic E-state index is 11.5. The second-order valence-corrected chi connectivity index (χ2v) is 13.4. The molecule has 2 atom stereocenters. The van der Waals surface area contributed by atoms with E-state index in [2.05, 4.69) is 47.7 Å². The lowest BCUT2D eigenvalue weighted by atomic mass is 9.57. The lowest BCUT2D eigenvalue weighted by molar-refractivity contribution is -0.241. The number of aliphatic hydroxyl groups is 1. The molecule has 1 aliphatic carbocycles. The van der Waals surface area contributed by atoms with E-state index in [1.54, 1.807) is 0 Å². The third-order valence-electron chi connectivity index (χ3n) is 5.99. The molecule has 2 nitrogen and oxygen atoms in total. The highest BCUT2D eigenvalue weighted by Gasteiger charge is 2.64. The maximum absolute atomic E-state index is 11.5. The summed E-state index contributed by atoms with van der Waals surface area (Å²) >= 11 is 0. The maximum Gasteiger partial charge on any atom is 0.193 e. The molecule has 0 heterocycles. The molecule has 0 aromatic heterocycles. The minimum Gasteiger partial charge on any atom is -0.408 e. The van der Waals surface area contributed by atoms with Crippen LogP contribution in [0.2, 0.25) is 18.1 Å². The van der Waals surface area contributed by atoms with Crippen LogP contribution >= 0.6 is 0 Å². The molecule has 124 valence electrons. The van der Waals surface area contributed by atoms with E-state index in [9.17, 15) is 5.11 Å². The van der Waals surface area contributed by atoms with Crippen LogP contribution in [0.3, 0.4) is 0 Å². The van der Waals surface area contributed by atoms with Crippen LogP contribution in [0.4, 0.5) is 0 Å². The van der Waals surface area contributed by atoms with Crippen LogP contribution in [0, 0.1) is 5.92 Å². The van der Waals surface area contributed by atoms with Crippen LogP contribution in [0.25, 0.3) is 0 Å². The molecule has 1 aromatic carbocycles. The lowest BCUT2D eigenvalue weighted by Crippen LogP contribution is -2.68. The monoisotopic (exact) mass is 320 g/mol. The van der Waals surface area contributed by atoms with E-state index in [-0.39, 0.29) is 11.0 Å². The van der Waals surface area contributed by atoms with E-state index in [0.717, 1.165) is 18.4 Å². The molecule has 0 bridgehead atoms. The molecule has 0 unspecified atom stereocenters. The van der Waals surface area contributed by atoms with Crippen molar-refractivity contribution < 1.29 is 9.53 Å². The topological polar surface area (TPSA) is 29.5 Å². The van der Waals surface area contributed by atoms with Crippen molar-refractivity contribution in [2.45, 2.75) is 76.8 Å². The van der Waals surface area contributed by atoms with Gasteiger partial charge in [0, 0.05) is 0 Å². The van der Waals surface area contributed by atoms with Crippen LogP contribution < -0.4 is 0 Å². The molecule has 22 heavy (non-hydrogen) atoms. The normalized spacial score (nSPS) is 29.5. The molecule has 0 saturated heterocycles. The molecule has 1 fully saturated rings. The van der Waals surface area contributed by atoms with Gasteiger partial charge in [-0.2, -0.15) is 0 Å². The smallest absolute Gasteiger partial charge is 0.193 e. The minimum atomic E-state index is -1.95. The van der Waals surface area contributed by atoms with Gasteiger partial charge in [0.15, 0.2) is 8.32 Å². The van der Waals surface area contributed by atoms with Gasteiger partial charge in [0.25, 0.3) is 0 Å². The van der Waals surface area contributed by atoms with E-state index in [0.29, 0.717) is 0 Å². The molecule has 0 radical (unpaired) electrons. The predicted molar refractivity (Wildman–Crippen MR) is 95.4 cm³/mol. The fourth-order valence-electron chi connectivity index (χ4n) is 3.34. The van der Waals surface area contributed by atoms with Crippen LogP contribution in [-0.2, 0) is 10.0 Å². The second-order valence-electron chi connectivity index (χ2n) is 8.63. The van der Waals surface area contributed by atoms with Crippen LogP contribution in [0.1, 0.15) is 53.0 Å². The van der Waals surface area contributed by atoms with Crippen molar-refractivity contribution in [1.82, 2.24) is 0 Å². The minimum absolute atomic E-state index is 0.141. The third kappa shape index (κ3) is 2.57. The Morgan fingerprint density at radius 3 is 2.00 bits per heavy atom. The summed E-state index contributed by atoms with van der Waals surface area (Å²) in [5.74, 6) is 0.278. The first-order valence-electron chi connectivity index (χ1n) is 8.44. The third-order valence-corrected chi connectivity index (χ3v) is 10.5. The van der Waals surface area contributed by atoms with Crippen molar-refractivity contribution >= 4 is 8.32 Å². The summed E-state index contributed by atoms with van der Waals surface area (Å²) in [6.07, 6.45) is 1.71. The SMILES string of the molecule is CC(C)[C@]1(O[Si](C)(C)C(C)(C)C)CC[C@]1(O)c1ccccc1. The molecule has 0 amide bonds. The lowest BCUT2D eigenvalue weighted by Gasteiger charge is -2.62. The van der Waals surface area contributed by atoms with Crippen molar-refractivity contribution in [2.75, 3.05) is 0 Å². The standard InChI is InChI=1S/C19H32O2Si/c1-15(2)19(21-22(6,7)17(3,4)5)14-13-18(19,20)16-11-9-8-10-12-16/h8-12,15,20H,13-14H2,1-7H3/t18-,19+/m0/s1. The number of hydrogen-bond donors (Lipinski definition) is 1. The Bertz CT molecular complexity index is 518. The van der Waals surface area contributed by atoms with Gasteiger partial charge in [0.1, 0.15) is 5.60 Å². The predicted octanol–water partition coefficient (Wildman–Crippen LogP) is 5.08. The number of rotatable bonds is 4. The molecule has 2 rings (SSSR count). The van der Waals surface area contributed by atoms with E-state index >= 15 is 0 Å². The van der Waals surface area contributed by atoms with Gasteiger partial charge in [0.2, 0.25) is 0 Å². The van der Waals surface area contributed by atoms with E-state index < -0.39 is 19.5 Å². The first-order valence-corrected chi connectivity index (χ1v) is 11.4. The highest BCUT2D eigenvalue weighted by Crippen LogP contribution is 2.58. The summed E-state index contributed by atoms with van der Waals surface area (Å²) in [6.45, 7) is 15.7. The Balaban J connectivity index is 2.43. The zero-order valence-corrected chi connectivity index (χ0v) is 16.2. The van der Waals surface area contributed by atoms with Crippen LogP contribution in [-0.4, -0.2) is 19.0 Å². The van der Waals surface area contributed by atoms with Crippen molar-refractivity contribution in [3.05, 3.63) is 35.9 Å². The van der Waals surface area contributed by atoms with E-state index in [1.807, 2.05) is 30.3 Å². The number of hydrogen-bond acceptors (Lipinski definition) is 2. The first-order chi connectivity index (χ1) is 9.96. The summed E-state index contributed by atoms with van der Waals surface area (Å²) in [7, 11) is -1.95. The Morgan fingerprint density at radius 1 is 1.09 bits per heavy atom. The highest BCUT2D eigenvalue weighted by molar-refractivity contribution is 6.74. The zero-order valence-electron chi connectivity index (χ0n) is 15.2. The Hall–Kier alpha value is -0.643. The van der Waals surface area contributed by atoms with Crippen molar-refractivity contribution in [2.24, 2.45) is 5.92 Å². The Kier molecular flexibility index (Phi) is 4.40. The van der Waals surface area contributed by atoms with Crippen molar-refractivity contribution in [3.63, 3.8) is 0 Å². The van der Waals surface area contributed by atoms with Gasteiger partial charge in [0.05, 0.1) is 5.60 Å². The van der Waals surface area contributed by atoms with E-state index in [1.165, 1.54) is 0 Å². The zero-order chi connectivity index (χ0) is 16.8. The molecule has 1 aromatic rings. The van der Waals surface area contributed by atoms with Gasteiger partial charge in [-0.15, -0.1) is 0 Å². The van der Waals surface area contributed by atoms with Gasteiger partial charge in [-0.25, -0.2) is 0 Å². The van der Waals surface area contributed by atoms with Gasteiger partial charge >= 0.3 is 0 Å². The summed E-state index contributed by atoms with van der Waals surface area (Å²) in [5, 5.41) is 11.6. The summed E-state index contributed by atoms with van der Waals surface area (Å²) in [4.78, 5) is 0. The van der Waals surface area contributed by atoms with Gasteiger partial charge in [-0.3, -0.25) is 0 Å². The molecule has 0 spiro atoms. The van der Waals surface area contributed by atoms with Crippen LogP contribution in [0.5, 0.6) is 0 Å². The molecule has 1 aliphatic rings. The average Bonchev–Trinajstić information content (AvgIpc) is 2.42. The summed E-state index contributed by atoms with van der Waals surface area (Å²) in [5.41, 5.74) is -0.330. The fraction of sp³-hybridized carbons (Fsp3) is 0.684. The second kappa shape index (κ2) is 5.47. The molecular weight excluding hydrogens is 288 g/mol. The Labute approximate surface area is 137 Å². The first kappa shape index (κ1) is 17.7. The highest BCUT2D eigenvalue weighted by atomic mass is 28.4. The summed E-state index contributed by atoms with van der Waals surface area (Å²) in [6, 6.07) is 10.1. The van der Waals surface area contributed by atoms with E-state index in [4.69, 9.17) is 4.43 Å². The summed E-state index contributed by atoms with van der Waals surface area (Å²) < 4.78 is 6.85. The number of benzene rings is 1. The Morgan fingerprint density at radius 2 is 1.64 bits per heavy atom.